The maximum Gasteiger partial charge on any atom is 0.340 e. The Bertz CT molecular complexity index is 1050. The van der Waals surface area contributed by atoms with Crippen molar-refractivity contribution in [2.24, 2.45) is 11.8 Å². The quantitative estimate of drug-likeness (QED) is 0.743. The third-order valence-corrected chi connectivity index (χ3v) is 5.44. The molecule has 3 aromatic rings. The van der Waals surface area contributed by atoms with Crippen molar-refractivity contribution in [1.82, 2.24) is 29.5 Å². The molecule has 3 aromatic heterocycles. The molecule has 2 N–H and O–H groups in total. The van der Waals surface area contributed by atoms with Crippen molar-refractivity contribution in [1.29, 1.82) is 0 Å². The molecule has 5 rings (SSSR count). The van der Waals surface area contributed by atoms with Gasteiger partial charge in [-0.3, -0.25) is 14.2 Å². The van der Waals surface area contributed by atoms with Gasteiger partial charge in [0, 0.05) is 12.7 Å². The molecule has 1 aliphatic heterocycles. The monoisotopic (exact) mass is 356 g/mol. The summed E-state index contributed by atoms with van der Waals surface area (Å²) in [7, 11) is 0. The molecule has 134 valence electrons. The van der Waals surface area contributed by atoms with Crippen LogP contribution in [0.2, 0.25) is 0 Å². The lowest BCUT2D eigenvalue weighted by Crippen LogP contribution is -2.34. The summed E-state index contributed by atoms with van der Waals surface area (Å²) in [6, 6.07) is 2.58. The normalized spacial score (nSPS) is 23.0. The fourth-order valence-electron chi connectivity index (χ4n) is 4.11. The maximum atomic E-state index is 13.9. The number of imidazole rings is 1. The van der Waals surface area contributed by atoms with E-state index in [-0.39, 0.29) is 34.9 Å². The van der Waals surface area contributed by atoms with Crippen LogP contribution < -0.4 is 5.69 Å². The number of amides is 1. The number of hydrogen-bond acceptors (Lipinski definition) is 4. The summed E-state index contributed by atoms with van der Waals surface area (Å²) < 4.78 is 15.4. The van der Waals surface area contributed by atoms with Crippen LogP contribution in [-0.2, 0) is 0 Å². The zero-order valence-corrected chi connectivity index (χ0v) is 13.9. The molecule has 4 heterocycles. The highest BCUT2D eigenvalue weighted by molar-refractivity contribution is 5.92. The van der Waals surface area contributed by atoms with Crippen LogP contribution in [0.15, 0.2) is 29.3 Å². The number of fused-ring (bicyclic) bond motifs is 1. The highest BCUT2D eigenvalue weighted by Gasteiger charge is 2.47. The Morgan fingerprint density at radius 1 is 1.31 bits per heavy atom. The van der Waals surface area contributed by atoms with E-state index in [1.165, 1.54) is 16.7 Å². The first-order chi connectivity index (χ1) is 12.6. The van der Waals surface area contributed by atoms with Gasteiger partial charge in [-0.15, -0.1) is 0 Å². The summed E-state index contributed by atoms with van der Waals surface area (Å²) in [5.74, 6) is 0.744. The number of halogens is 1. The number of pyridine rings is 1. The summed E-state index contributed by atoms with van der Waals surface area (Å²) in [5, 5.41) is 6.46. The smallest absolute Gasteiger partial charge is 0.325 e. The number of likely N-dealkylation sites (tertiary alicyclic amines) is 1. The molecule has 2 aliphatic rings. The molecule has 0 aromatic carbocycles. The Kier molecular flexibility index (Phi) is 3.25. The van der Waals surface area contributed by atoms with Gasteiger partial charge in [-0.2, -0.15) is 5.10 Å². The summed E-state index contributed by atoms with van der Waals surface area (Å²) in [5.41, 5.74) is -0.124. The average molecular weight is 356 g/mol. The van der Waals surface area contributed by atoms with Crippen molar-refractivity contribution in [3.8, 4) is 0 Å². The molecule has 1 saturated carbocycles. The lowest BCUT2D eigenvalue weighted by molar-refractivity contribution is 0.0691. The first-order valence-corrected chi connectivity index (χ1v) is 8.70. The lowest BCUT2D eigenvalue weighted by atomic mass is 9.94. The summed E-state index contributed by atoms with van der Waals surface area (Å²) in [6.07, 6.45) is 6.11. The van der Waals surface area contributed by atoms with Crippen molar-refractivity contribution in [2.75, 3.05) is 6.54 Å². The lowest BCUT2D eigenvalue weighted by Gasteiger charge is -2.26. The number of nitrogens with one attached hydrogen (secondary N) is 2. The van der Waals surface area contributed by atoms with Gasteiger partial charge in [-0.25, -0.2) is 19.3 Å². The van der Waals surface area contributed by atoms with Crippen molar-refractivity contribution in [3.63, 3.8) is 0 Å². The zero-order valence-electron chi connectivity index (χ0n) is 13.9. The largest absolute Gasteiger partial charge is 0.340 e. The van der Waals surface area contributed by atoms with Crippen molar-refractivity contribution < 1.29 is 9.18 Å². The second-order valence-electron chi connectivity index (χ2n) is 6.99. The minimum atomic E-state index is -0.426. The van der Waals surface area contributed by atoms with E-state index in [0.717, 1.165) is 19.3 Å². The van der Waals surface area contributed by atoms with Crippen LogP contribution in [0.3, 0.4) is 0 Å². The first-order valence-electron chi connectivity index (χ1n) is 8.70. The minimum absolute atomic E-state index is 0.166. The Labute approximate surface area is 147 Å². The molecule has 0 spiro atoms. The summed E-state index contributed by atoms with van der Waals surface area (Å²) >= 11 is 0. The number of aromatic amines is 2. The molecule has 1 saturated heterocycles. The topological polar surface area (TPSA) is 99.2 Å². The van der Waals surface area contributed by atoms with E-state index in [1.807, 2.05) is 0 Å². The van der Waals surface area contributed by atoms with Crippen molar-refractivity contribution in [2.45, 2.75) is 25.3 Å². The Morgan fingerprint density at radius 2 is 2.15 bits per heavy atom. The number of rotatable bonds is 3. The SMILES string of the molecule is O=C(c1ncc2c(F)cccn12)N1CCC(C2CC2)C1c1n[nH]c(=O)[nH]1. The third kappa shape index (κ3) is 2.27. The highest BCUT2D eigenvalue weighted by Crippen LogP contribution is 2.49. The van der Waals surface area contributed by atoms with E-state index in [2.05, 4.69) is 20.2 Å². The number of hydrogen-bond donors (Lipinski definition) is 2. The summed E-state index contributed by atoms with van der Waals surface area (Å²) in [4.78, 5) is 33.3. The maximum absolute atomic E-state index is 13.9. The molecule has 26 heavy (non-hydrogen) atoms. The van der Waals surface area contributed by atoms with Gasteiger partial charge in [-0.05, 0) is 43.2 Å². The van der Waals surface area contributed by atoms with E-state index in [1.54, 1.807) is 17.2 Å². The van der Waals surface area contributed by atoms with Crippen molar-refractivity contribution in [3.05, 3.63) is 52.5 Å². The molecule has 2 unspecified atom stereocenters. The van der Waals surface area contributed by atoms with Gasteiger partial charge in [0.15, 0.2) is 5.82 Å². The van der Waals surface area contributed by atoms with Crippen LogP contribution in [0.5, 0.6) is 0 Å². The summed E-state index contributed by atoms with van der Waals surface area (Å²) in [6.45, 7) is 0.559. The Morgan fingerprint density at radius 3 is 2.88 bits per heavy atom. The first kappa shape index (κ1) is 15.3. The standard InChI is InChI=1S/C17H17FN6O2/c18-11-2-1-6-23-12(11)8-19-15(23)16(25)24-7-5-10(9-3-4-9)13(24)14-20-17(26)22-21-14/h1-2,6,8-10,13H,3-5,7H2,(H2,20,21,22,26). The van der Waals surface area contributed by atoms with Gasteiger partial charge < -0.3 is 4.90 Å². The molecule has 2 fully saturated rings. The second-order valence-corrected chi connectivity index (χ2v) is 6.99. The van der Waals surface area contributed by atoms with Crippen LogP contribution >= 0.6 is 0 Å². The molecule has 2 atom stereocenters. The molecule has 0 bridgehead atoms. The van der Waals surface area contributed by atoms with E-state index < -0.39 is 5.82 Å². The number of nitrogens with zero attached hydrogens (tertiary/aromatic N) is 4. The Hall–Kier alpha value is -2.97. The van der Waals surface area contributed by atoms with Gasteiger partial charge in [0.05, 0.1) is 12.2 Å². The van der Waals surface area contributed by atoms with Crippen LogP contribution in [0.4, 0.5) is 4.39 Å². The van der Waals surface area contributed by atoms with Crippen LogP contribution in [0.25, 0.3) is 5.52 Å². The van der Waals surface area contributed by atoms with Crippen LogP contribution in [0, 0.1) is 17.7 Å². The molecule has 1 aliphatic carbocycles. The van der Waals surface area contributed by atoms with Crippen LogP contribution in [-0.4, -0.2) is 41.9 Å². The molecule has 0 radical (unpaired) electrons. The van der Waals surface area contributed by atoms with Gasteiger partial charge in [-0.1, -0.05) is 0 Å². The predicted molar refractivity (Wildman–Crippen MR) is 89.0 cm³/mol. The van der Waals surface area contributed by atoms with Gasteiger partial charge in [0.2, 0.25) is 5.82 Å². The minimum Gasteiger partial charge on any atom is -0.325 e. The molecular weight excluding hydrogens is 339 g/mol. The predicted octanol–water partition coefficient (Wildman–Crippen LogP) is 1.50. The Balaban J connectivity index is 1.55. The third-order valence-electron chi connectivity index (χ3n) is 5.44. The number of H-pyrrole nitrogens is 2. The van der Waals surface area contributed by atoms with Crippen LogP contribution in [0.1, 0.15) is 41.7 Å². The van der Waals surface area contributed by atoms with E-state index >= 15 is 0 Å². The van der Waals surface area contributed by atoms with Crippen molar-refractivity contribution >= 4 is 11.4 Å². The van der Waals surface area contributed by atoms with Gasteiger partial charge >= 0.3 is 5.69 Å². The fraction of sp³-hybridized carbons (Fsp3) is 0.412. The highest BCUT2D eigenvalue weighted by atomic mass is 19.1. The molecule has 9 heteroatoms. The number of carbonyl (C=O) groups is 1. The molecular formula is C17H17FN6O2. The number of aromatic nitrogens is 5. The molecule has 8 nitrogen and oxygen atoms in total. The van der Waals surface area contributed by atoms with E-state index in [0.29, 0.717) is 18.3 Å². The fourth-order valence-corrected chi connectivity index (χ4v) is 4.11. The van der Waals surface area contributed by atoms with E-state index in [4.69, 9.17) is 0 Å². The van der Waals surface area contributed by atoms with E-state index in [9.17, 15) is 14.0 Å². The van der Waals surface area contributed by atoms with Gasteiger partial charge in [0.25, 0.3) is 5.91 Å². The number of carbonyl (C=O) groups excluding carboxylic acids is 1. The molecule has 1 amide bonds. The zero-order chi connectivity index (χ0) is 17.8. The second kappa shape index (κ2) is 5.52. The average Bonchev–Trinajstić information content (AvgIpc) is 3.06. The van der Waals surface area contributed by atoms with Gasteiger partial charge in [0.1, 0.15) is 11.3 Å².